The molecule has 0 amide bonds. The van der Waals surface area contributed by atoms with Crippen LogP contribution in [0.15, 0.2) is 54.9 Å². The molecule has 20 heavy (non-hydrogen) atoms. The van der Waals surface area contributed by atoms with Crippen molar-refractivity contribution in [2.24, 2.45) is 0 Å². The first-order valence-electron chi connectivity index (χ1n) is 6.82. The predicted molar refractivity (Wildman–Crippen MR) is 76.2 cm³/mol. The van der Waals surface area contributed by atoms with E-state index in [0.29, 0.717) is 6.04 Å². The van der Waals surface area contributed by atoms with Gasteiger partial charge in [0, 0.05) is 24.4 Å². The lowest BCUT2D eigenvalue weighted by Gasteiger charge is -2.15. The van der Waals surface area contributed by atoms with Crippen LogP contribution < -0.4 is 0 Å². The molecular formula is C16H14N4. The number of rotatable bonds is 2. The Morgan fingerprint density at radius 3 is 2.70 bits per heavy atom. The van der Waals surface area contributed by atoms with Crippen LogP contribution in [0.5, 0.6) is 0 Å². The maximum atomic E-state index is 4.36. The highest BCUT2D eigenvalue weighted by Gasteiger charge is 2.28. The van der Waals surface area contributed by atoms with Gasteiger partial charge in [0.2, 0.25) is 0 Å². The second-order valence-corrected chi connectivity index (χ2v) is 5.02. The van der Waals surface area contributed by atoms with Crippen molar-refractivity contribution in [1.29, 1.82) is 0 Å². The van der Waals surface area contributed by atoms with Crippen molar-refractivity contribution >= 4 is 0 Å². The quantitative estimate of drug-likeness (QED) is 0.713. The van der Waals surface area contributed by atoms with Gasteiger partial charge in [-0.3, -0.25) is 4.98 Å². The molecule has 0 spiro atoms. The summed E-state index contributed by atoms with van der Waals surface area (Å²) in [4.78, 5) is 4.18. The fraction of sp³-hybridized carbons (Fsp3) is 0.188. The number of pyridine rings is 1. The van der Waals surface area contributed by atoms with E-state index in [0.717, 1.165) is 30.1 Å². The Labute approximate surface area is 117 Å². The van der Waals surface area contributed by atoms with Crippen LogP contribution in [-0.2, 0) is 6.42 Å². The summed E-state index contributed by atoms with van der Waals surface area (Å²) in [5.41, 5.74) is 2.34. The maximum Gasteiger partial charge on any atom is 0.166 e. The van der Waals surface area contributed by atoms with Crippen LogP contribution in [0.3, 0.4) is 0 Å². The third-order valence-corrected chi connectivity index (χ3v) is 3.82. The van der Waals surface area contributed by atoms with Crippen LogP contribution in [0.4, 0.5) is 0 Å². The zero-order valence-corrected chi connectivity index (χ0v) is 11.0. The van der Waals surface area contributed by atoms with Gasteiger partial charge in [-0.25, -0.2) is 0 Å². The molecular weight excluding hydrogens is 248 g/mol. The standard InChI is InChI=1S/C16H14N4/c1-2-5-12(6-3-1)14-8-9-15-18-19-16(20(14)15)13-7-4-10-17-11-13/h1-7,10-11,14H,8-9H2. The summed E-state index contributed by atoms with van der Waals surface area (Å²) in [6, 6.07) is 14.9. The number of aromatic nitrogens is 4. The number of aryl methyl sites for hydroxylation is 1. The van der Waals surface area contributed by atoms with E-state index in [1.165, 1.54) is 5.56 Å². The molecule has 3 aromatic rings. The molecule has 0 bridgehead atoms. The molecule has 0 fully saturated rings. The molecule has 0 N–H and O–H groups in total. The number of fused-ring (bicyclic) bond motifs is 1. The number of hydrogen-bond acceptors (Lipinski definition) is 3. The summed E-state index contributed by atoms with van der Waals surface area (Å²) in [7, 11) is 0. The first-order valence-corrected chi connectivity index (χ1v) is 6.82. The fourth-order valence-corrected chi connectivity index (χ4v) is 2.90. The average molecular weight is 262 g/mol. The maximum absolute atomic E-state index is 4.36. The van der Waals surface area contributed by atoms with E-state index in [2.05, 4.69) is 44.0 Å². The molecule has 1 atom stereocenters. The topological polar surface area (TPSA) is 43.6 Å². The van der Waals surface area contributed by atoms with Crippen molar-refractivity contribution in [3.8, 4) is 11.4 Å². The zero-order valence-electron chi connectivity index (χ0n) is 11.0. The van der Waals surface area contributed by atoms with Crippen LogP contribution >= 0.6 is 0 Å². The summed E-state index contributed by atoms with van der Waals surface area (Å²) in [5, 5.41) is 8.69. The molecule has 2 aromatic heterocycles. The Morgan fingerprint density at radius 1 is 1.00 bits per heavy atom. The zero-order chi connectivity index (χ0) is 13.4. The molecule has 1 unspecified atom stereocenters. The van der Waals surface area contributed by atoms with Crippen molar-refractivity contribution in [3.05, 3.63) is 66.2 Å². The number of nitrogens with zero attached hydrogens (tertiary/aromatic N) is 4. The summed E-state index contributed by atoms with van der Waals surface area (Å²) in [5.74, 6) is 1.98. The van der Waals surface area contributed by atoms with E-state index in [1.807, 2.05) is 24.4 Å². The van der Waals surface area contributed by atoms with Gasteiger partial charge in [0.05, 0.1) is 6.04 Å². The largest absolute Gasteiger partial charge is 0.303 e. The molecule has 0 saturated heterocycles. The number of benzene rings is 1. The van der Waals surface area contributed by atoms with Crippen LogP contribution in [-0.4, -0.2) is 19.7 Å². The smallest absolute Gasteiger partial charge is 0.166 e. The van der Waals surface area contributed by atoms with E-state index < -0.39 is 0 Å². The highest BCUT2D eigenvalue weighted by atomic mass is 15.3. The Morgan fingerprint density at radius 2 is 1.90 bits per heavy atom. The Kier molecular flexibility index (Phi) is 2.59. The highest BCUT2D eigenvalue weighted by molar-refractivity contribution is 5.54. The minimum atomic E-state index is 0.330. The van der Waals surface area contributed by atoms with Gasteiger partial charge in [0.15, 0.2) is 5.82 Å². The van der Waals surface area contributed by atoms with Crippen LogP contribution in [0, 0.1) is 0 Å². The van der Waals surface area contributed by atoms with Crippen molar-refractivity contribution in [3.63, 3.8) is 0 Å². The van der Waals surface area contributed by atoms with Gasteiger partial charge >= 0.3 is 0 Å². The molecule has 3 heterocycles. The lowest BCUT2D eigenvalue weighted by molar-refractivity contribution is 0.622. The van der Waals surface area contributed by atoms with E-state index in [4.69, 9.17) is 0 Å². The van der Waals surface area contributed by atoms with Gasteiger partial charge in [-0.1, -0.05) is 30.3 Å². The molecule has 98 valence electrons. The lowest BCUT2D eigenvalue weighted by atomic mass is 10.0. The van der Waals surface area contributed by atoms with Gasteiger partial charge < -0.3 is 4.57 Å². The van der Waals surface area contributed by atoms with Crippen molar-refractivity contribution in [1.82, 2.24) is 19.7 Å². The third kappa shape index (κ3) is 1.72. The van der Waals surface area contributed by atoms with Crippen molar-refractivity contribution in [2.75, 3.05) is 0 Å². The summed E-state index contributed by atoms with van der Waals surface area (Å²) < 4.78 is 2.26. The second kappa shape index (κ2) is 4.56. The normalized spacial score (nSPS) is 17.1. The molecule has 4 heteroatoms. The van der Waals surface area contributed by atoms with Crippen molar-refractivity contribution in [2.45, 2.75) is 18.9 Å². The Balaban J connectivity index is 1.83. The van der Waals surface area contributed by atoms with E-state index >= 15 is 0 Å². The van der Waals surface area contributed by atoms with Crippen LogP contribution in [0.1, 0.15) is 23.9 Å². The Hall–Kier alpha value is -2.49. The molecule has 1 aliphatic rings. The minimum absolute atomic E-state index is 0.330. The van der Waals surface area contributed by atoms with Gasteiger partial charge in [-0.2, -0.15) is 0 Å². The molecule has 0 saturated carbocycles. The van der Waals surface area contributed by atoms with E-state index in [1.54, 1.807) is 6.20 Å². The first kappa shape index (κ1) is 11.3. The minimum Gasteiger partial charge on any atom is -0.303 e. The average Bonchev–Trinajstić information content (AvgIpc) is 3.10. The van der Waals surface area contributed by atoms with Crippen molar-refractivity contribution < 1.29 is 0 Å². The van der Waals surface area contributed by atoms with Gasteiger partial charge in [0.1, 0.15) is 5.82 Å². The first-order chi connectivity index (χ1) is 9.93. The van der Waals surface area contributed by atoms with E-state index in [-0.39, 0.29) is 0 Å². The van der Waals surface area contributed by atoms with Crippen LogP contribution in [0.2, 0.25) is 0 Å². The van der Waals surface area contributed by atoms with E-state index in [9.17, 15) is 0 Å². The lowest BCUT2D eigenvalue weighted by Crippen LogP contribution is -2.07. The molecule has 0 radical (unpaired) electrons. The molecule has 4 rings (SSSR count). The Bertz CT molecular complexity index is 719. The monoisotopic (exact) mass is 262 g/mol. The third-order valence-electron chi connectivity index (χ3n) is 3.82. The molecule has 1 aromatic carbocycles. The molecule has 4 nitrogen and oxygen atoms in total. The SMILES string of the molecule is c1ccc(C2CCc3nnc(-c4cccnc4)n32)cc1. The van der Waals surface area contributed by atoms with Crippen LogP contribution in [0.25, 0.3) is 11.4 Å². The summed E-state index contributed by atoms with van der Waals surface area (Å²) in [6.07, 6.45) is 5.69. The second-order valence-electron chi connectivity index (χ2n) is 5.02. The summed E-state index contributed by atoms with van der Waals surface area (Å²) >= 11 is 0. The highest BCUT2D eigenvalue weighted by Crippen LogP contribution is 2.34. The van der Waals surface area contributed by atoms with Gasteiger partial charge in [-0.15, -0.1) is 10.2 Å². The molecule has 1 aliphatic heterocycles. The van der Waals surface area contributed by atoms with Gasteiger partial charge in [0.25, 0.3) is 0 Å². The van der Waals surface area contributed by atoms with Gasteiger partial charge in [-0.05, 0) is 24.1 Å². The molecule has 0 aliphatic carbocycles. The summed E-state index contributed by atoms with van der Waals surface area (Å²) in [6.45, 7) is 0. The number of hydrogen-bond donors (Lipinski definition) is 0. The predicted octanol–water partition coefficient (Wildman–Crippen LogP) is 2.88. The fourth-order valence-electron chi connectivity index (χ4n) is 2.90.